The number of likely N-dealkylation sites (tertiary alicyclic amines) is 1. The summed E-state index contributed by atoms with van der Waals surface area (Å²) in [5, 5.41) is 11.4. The van der Waals surface area contributed by atoms with Gasteiger partial charge in [0.25, 0.3) is 11.7 Å². The summed E-state index contributed by atoms with van der Waals surface area (Å²) in [6, 6.07) is 14.6. The van der Waals surface area contributed by atoms with Crippen LogP contribution in [0.3, 0.4) is 0 Å². The standard InChI is InChI=1S/C26H24N2O6/c1-32-17-8-9-19(21(14-17)34-3)24(29)22-23(18-6-4-5-7-20(18)33-2)28(26(31)25(22)30)15-16-10-12-27-13-11-16/h4-14,23,29H,15H2,1-3H3/b24-22+. The Balaban J connectivity index is 1.93. The smallest absolute Gasteiger partial charge is 0.295 e. The fraction of sp³-hybridized carbons (Fsp3) is 0.192. The third-order valence-electron chi connectivity index (χ3n) is 5.74. The van der Waals surface area contributed by atoms with Gasteiger partial charge in [0.2, 0.25) is 0 Å². The van der Waals surface area contributed by atoms with Crippen LogP contribution in [0.5, 0.6) is 17.2 Å². The third-order valence-corrected chi connectivity index (χ3v) is 5.74. The molecule has 0 aliphatic carbocycles. The van der Waals surface area contributed by atoms with Crippen molar-refractivity contribution in [3.05, 3.63) is 89.3 Å². The number of pyridine rings is 1. The molecule has 0 bridgehead atoms. The van der Waals surface area contributed by atoms with E-state index in [4.69, 9.17) is 14.2 Å². The van der Waals surface area contributed by atoms with Crippen LogP contribution < -0.4 is 14.2 Å². The molecule has 34 heavy (non-hydrogen) atoms. The first-order valence-corrected chi connectivity index (χ1v) is 10.5. The summed E-state index contributed by atoms with van der Waals surface area (Å²) in [7, 11) is 4.48. The zero-order valence-electron chi connectivity index (χ0n) is 19.0. The number of carbonyl (C=O) groups is 2. The highest BCUT2D eigenvalue weighted by Gasteiger charge is 2.47. The molecule has 4 rings (SSSR count). The number of para-hydroxylation sites is 1. The monoisotopic (exact) mass is 460 g/mol. The number of aromatic nitrogens is 1. The van der Waals surface area contributed by atoms with Gasteiger partial charge in [-0.2, -0.15) is 0 Å². The van der Waals surface area contributed by atoms with Crippen molar-refractivity contribution < 1.29 is 28.9 Å². The molecule has 2 heterocycles. The average Bonchev–Trinajstić information content (AvgIpc) is 3.13. The quantitative estimate of drug-likeness (QED) is 0.326. The van der Waals surface area contributed by atoms with Gasteiger partial charge in [-0.15, -0.1) is 0 Å². The van der Waals surface area contributed by atoms with E-state index in [1.54, 1.807) is 67.0 Å². The highest BCUT2D eigenvalue weighted by Crippen LogP contribution is 2.44. The van der Waals surface area contributed by atoms with Gasteiger partial charge in [0, 0.05) is 30.6 Å². The second-order valence-corrected chi connectivity index (χ2v) is 7.59. The third kappa shape index (κ3) is 4.05. The van der Waals surface area contributed by atoms with Gasteiger partial charge in [0.15, 0.2) is 0 Å². The molecule has 8 heteroatoms. The first-order valence-electron chi connectivity index (χ1n) is 10.5. The van der Waals surface area contributed by atoms with Crippen molar-refractivity contribution in [2.24, 2.45) is 0 Å². The highest BCUT2D eigenvalue weighted by atomic mass is 16.5. The largest absolute Gasteiger partial charge is 0.507 e. The van der Waals surface area contributed by atoms with Crippen molar-refractivity contribution in [1.29, 1.82) is 0 Å². The van der Waals surface area contributed by atoms with Gasteiger partial charge in [-0.1, -0.05) is 18.2 Å². The van der Waals surface area contributed by atoms with E-state index in [1.165, 1.54) is 26.2 Å². The second kappa shape index (κ2) is 9.66. The number of carbonyl (C=O) groups excluding carboxylic acids is 2. The van der Waals surface area contributed by atoms with Crippen molar-refractivity contribution in [2.75, 3.05) is 21.3 Å². The number of ketones is 1. The molecule has 1 fully saturated rings. The lowest BCUT2D eigenvalue weighted by molar-refractivity contribution is -0.140. The van der Waals surface area contributed by atoms with Gasteiger partial charge in [-0.05, 0) is 35.9 Å². The lowest BCUT2D eigenvalue weighted by Gasteiger charge is -2.26. The number of amides is 1. The molecule has 1 aliphatic heterocycles. The van der Waals surface area contributed by atoms with E-state index in [0.717, 1.165) is 5.56 Å². The minimum Gasteiger partial charge on any atom is -0.507 e. The van der Waals surface area contributed by atoms with Gasteiger partial charge in [-0.25, -0.2) is 0 Å². The maximum absolute atomic E-state index is 13.3. The first kappa shape index (κ1) is 22.8. The zero-order chi connectivity index (χ0) is 24.2. The maximum Gasteiger partial charge on any atom is 0.295 e. The summed E-state index contributed by atoms with van der Waals surface area (Å²) < 4.78 is 16.2. The number of hydrogen-bond acceptors (Lipinski definition) is 7. The van der Waals surface area contributed by atoms with Crippen LogP contribution in [0, 0.1) is 0 Å². The number of hydrogen-bond donors (Lipinski definition) is 1. The van der Waals surface area contributed by atoms with E-state index < -0.39 is 17.7 Å². The highest BCUT2D eigenvalue weighted by molar-refractivity contribution is 6.46. The summed E-state index contributed by atoms with van der Waals surface area (Å²) in [6.07, 6.45) is 3.23. The summed E-state index contributed by atoms with van der Waals surface area (Å²) in [5.41, 5.74) is 1.59. The van der Waals surface area contributed by atoms with E-state index in [1.807, 2.05) is 0 Å². The number of aliphatic hydroxyl groups excluding tert-OH is 1. The number of aliphatic hydroxyl groups is 1. The molecule has 1 N–H and O–H groups in total. The molecule has 1 aromatic heterocycles. The molecule has 2 aromatic carbocycles. The Hall–Kier alpha value is -4.33. The molecule has 1 saturated heterocycles. The Bertz CT molecular complexity index is 1260. The summed E-state index contributed by atoms with van der Waals surface area (Å²) >= 11 is 0. The SMILES string of the molecule is COc1ccc(/C(O)=C2\C(=O)C(=O)N(Cc3ccncc3)C2c2ccccc2OC)c(OC)c1. The van der Waals surface area contributed by atoms with E-state index in [2.05, 4.69) is 4.98 Å². The van der Waals surface area contributed by atoms with E-state index in [0.29, 0.717) is 22.8 Å². The molecule has 174 valence electrons. The lowest BCUT2D eigenvalue weighted by atomic mass is 9.94. The predicted octanol–water partition coefficient (Wildman–Crippen LogP) is 3.73. The van der Waals surface area contributed by atoms with Crippen LogP contribution in [-0.2, 0) is 16.1 Å². The lowest BCUT2D eigenvalue weighted by Crippen LogP contribution is -2.29. The molecule has 1 atom stereocenters. The minimum absolute atomic E-state index is 0.0491. The Morgan fingerprint density at radius 2 is 1.65 bits per heavy atom. The summed E-state index contributed by atoms with van der Waals surface area (Å²) in [5.74, 6) is -0.543. The molecule has 0 spiro atoms. The fourth-order valence-corrected chi connectivity index (χ4v) is 4.08. The Kier molecular flexibility index (Phi) is 6.49. The summed E-state index contributed by atoms with van der Waals surface area (Å²) in [4.78, 5) is 32.0. The number of nitrogens with zero attached hydrogens (tertiary/aromatic N) is 2. The van der Waals surface area contributed by atoms with E-state index >= 15 is 0 Å². The van der Waals surface area contributed by atoms with Crippen LogP contribution in [0.2, 0.25) is 0 Å². The van der Waals surface area contributed by atoms with Gasteiger partial charge in [0.1, 0.15) is 23.0 Å². The first-order chi connectivity index (χ1) is 16.5. The van der Waals surface area contributed by atoms with Crippen molar-refractivity contribution >= 4 is 17.4 Å². The van der Waals surface area contributed by atoms with Crippen LogP contribution in [0.1, 0.15) is 22.7 Å². The number of methoxy groups -OCH3 is 3. The van der Waals surface area contributed by atoms with E-state index in [9.17, 15) is 14.7 Å². The normalized spacial score (nSPS) is 17.0. The van der Waals surface area contributed by atoms with Crippen molar-refractivity contribution in [3.8, 4) is 17.2 Å². The minimum atomic E-state index is -0.879. The number of ether oxygens (including phenoxy) is 3. The van der Waals surface area contributed by atoms with Gasteiger partial charge in [0.05, 0.1) is 38.5 Å². The maximum atomic E-state index is 13.3. The molecule has 1 amide bonds. The molecular formula is C26H24N2O6. The van der Waals surface area contributed by atoms with E-state index in [-0.39, 0.29) is 23.4 Å². The van der Waals surface area contributed by atoms with Crippen molar-refractivity contribution in [1.82, 2.24) is 9.88 Å². The van der Waals surface area contributed by atoms with Crippen LogP contribution in [0.25, 0.3) is 5.76 Å². The van der Waals surface area contributed by atoms with Crippen LogP contribution in [-0.4, -0.2) is 48.0 Å². The van der Waals surface area contributed by atoms with Gasteiger partial charge >= 0.3 is 0 Å². The molecular weight excluding hydrogens is 436 g/mol. The van der Waals surface area contributed by atoms with Gasteiger partial charge < -0.3 is 24.2 Å². The van der Waals surface area contributed by atoms with Crippen LogP contribution in [0.4, 0.5) is 0 Å². The molecule has 1 aliphatic rings. The van der Waals surface area contributed by atoms with Crippen molar-refractivity contribution in [2.45, 2.75) is 12.6 Å². The molecule has 1 unspecified atom stereocenters. The number of benzene rings is 2. The Labute approximate surface area is 197 Å². The Morgan fingerprint density at radius 1 is 0.941 bits per heavy atom. The molecule has 3 aromatic rings. The van der Waals surface area contributed by atoms with Gasteiger partial charge in [-0.3, -0.25) is 14.6 Å². The molecule has 8 nitrogen and oxygen atoms in total. The van der Waals surface area contributed by atoms with Crippen LogP contribution in [0.15, 0.2) is 72.6 Å². The van der Waals surface area contributed by atoms with Crippen LogP contribution >= 0.6 is 0 Å². The number of rotatable bonds is 7. The zero-order valence-corrected chi connectivity index (χ0v) is 19.0. The number of Topliss-reactive ketones (excluding diaryl/α,β-unsaturated/α-hetero) is 1. The topological polar surface area (TPSA) is 98.2 Å². The molecule has 0 saturated carbocycles. The second-order valence-electron chi connectivity index (χ2n) is 7.59. The molecule has 0 radical (unpaired) electrons. The van der Waals surface area contributed by atoms with Crippen molar-refractivity contribution in [3.63, 3.8) is 0 Å². The average molecular weight is 460 g/mol. The Morgan fingerprint density at radius 3 is 2.32 bits per heavy atom. The fourth-order valence-electron chi connectivity index (χ4n) is 4.08. The summed E-state index contributed by atoms with van der Waals surface area (Å²) in [6.45, 7) is 0.145. The predicted molar refractivity (Wildman–Crippen MR) is 125 cm³/mol.